The Kier molecular flexibility index (Phi) is 6.33. The van der Waals surface area contributed by atoms with Crippen LogP contribution in [0.4, 0.5) is 0 Å². The molecule has 0 unspecified atom stereocenters. The predicted molar refractivity (Wildman–Crippen MR) is 50.8 cm³/mol. The van der Waals surface area contributed by atoms with E-state index in [2.05, 4.69) is 5.16 Å². The van der Waals surface area contributed by atoms with Gasteiger partial charge in [0.25, 0.3) is 0 Å². The molecule has 1 N–H and O–H groups in total. The topological polar surface area (TPSA) is 68.1 Å². The van der Waals surface area contributed by atoms with E-state index in [0.29, 0.717) is 0 Å². The molecular formula is C6H13ClNO4P. The molecule has 0 heterocycles. The van der Waals surface area contributed by atoms with Gasteiger partial charge in [0, 0.05) is 0 Å². The van der Waals surface area contributed by atoms with E-state index in [1.54, 1.807) is 13.8 Å². The zero-order chi connectivity index (χ0) is 10.3. The quantitative estimate of drug-likeness (QED) is 0.249. The first-order valence-electron chi connectivity index (χ1n) is 3.81. The molecule has 13 heavy (non-hydrogen) atoms. The fraction of sp³-hybridized carbons (Fsp3) is 0.833. The van der Waals surface area contributed by atoms with Crippen molar-refractivity contribution >= 4 is 24.6 Å². The van der Waals surface area contributed by atoms with E-state index in [-0.39, 0.29) is 24.5 Å². The average molecular weight is 230 g/mol. The number of hydrogen-bond donors (Lipinski definition) is 1. The molecule has 0 rings (SSSR count). The van der Waals surface area contributed by atoms with Crippen LogP contribution < -0.4 is 0 Å². The van der Waals surface area contributed by atoms with Gasteiger partial charge in [0.1, 0.15) is 0 Å². The van der Waals surface area contributed by atoms with E-state index in [1.807, 2.05) is 0 Å². The summed E-state index contributed by atoms with van der Waals surface area (Å²) < 4.78 is 21.5. The molecule has 0 aliphatic carbocycles. The van der Waals surface area contributed by atoms with Gasteiger partial charge < -0.3 is 14.3 Å². The minimum Gasteiger partial charge on any atom is -0.410 e. The van der Waals surface area contributed by atoms with Gasteiger partial charge in [0.15, 0.2) is 5.45 Å². The van der Waals surface area contributed by atoms with Crippen molar-refractivity contribution in [1.29, 1.82) is 0 Å². The number of halogens is 1. The van der Waals surface area contributed by atoms with Gasteiger partial charge in [-0.25, -0.2) is 0 Å². The van der Waals surface area contributed by atoms with Crippen molar-refractivity contribution in [1.82, 2.24) is 0 Å². The Morgan fingerprint density at radius 1 is 1.46 bits per heavy atom. The van der Waals surface area contributed by atoms with Crippen molar-refractivity contribution < 1.29 is 18.8 Å². The van der Waals surface area contributed by atoms with Crippen LogP contribution >= 0.6 is 19.2 Å². The Labute approximate surface area is 82.2 Å². The molecule has 0 radical (unpaired) electrons. The van der Waals surface area contributed by atoms with Crippen LogP contribution in [0, 0.1) is 0 Å². The highest BCUT2D eigenvalue weighted by atomic mass is 35.5. The molecule has 0 aliphatic rings. The molecule has 0 aliphatic heterocycles. The predicted octanol–water partition coefficient (Wildman–Crippen LogP) is 2.28. The summed E-state index contributed by atoms with van der Waals surface area (Å²) in [5, 5.41) is 11.3. The van der Waals surface area contributed by atoms with E-state index >= 15 is 0 Å². The summed E-state index contributed by atoms with van der Waals surface area (Å²) in [5.74, 6) is -0.187. The van der Waals surface area contributed by atoms with Crippen LogP contribution in [0.25, 0.3) is 0 Å². The molecule has 5 nitrogen and oxygen atoms in total. The third-order valence-electron chi connectivity index (χ3n) is 1.15. The Bertz CT molecular complexity index is 211. The van der Waals surface area contributed by atoms with Crippen LogP contribution in [0.3, 0.4) is 0 Å². The van der Waals surface area contributed by atoms with Gasteiger partial charge in [-0.2, -0.15) is 0 Å². The Balaban J connectivity index is 4.66. The van der Waals surface area contributed by atoms with Crippen molar-refractivity contribution in [3.8, 4) is 0 Å². The third-order valence-corrected chi connectivity index (χ3v) is 3.66. The maximum Gasteiger partial charge on any atom is 0.380 e. The van der Waals surface area contributed by atoms with E-state index in [4.69, 9.17) is 25.9 Å². The van der Waals surface area contributed by atoms with Gasteiger partial charge >= 0.3 is 7.60 Å². The number of hydrogen-bond acceptors (Lipinski definition) is 5. The summed E-state index contributed by atoms with van der Waals surface area (Å²) in [7, 11) is -3.46. The summed E-state index contributed by atoms with van der Waals surface area (Å²) in [6.45, 7) is 3.73. The fourth-order valence-corrected chi connectivity index (χ4v) is 2.48. The zero-order valence-corrected chi connectivity index (χ0v) is 9.22. The molecule has 0 aromatic heterocycles. The summed E-state index contributed by atoms with van der Waals surface area (Å²) in [4.78, 5) is 0. The normalized spacial score (nSPS) is 13.3. The molecule has 0 aromatic rings. The molecule has 0 bridgehead atoms. The second-order valence-corrected chi connectivity index (χ2v) is 4.28. The van der Waals surface area contributed by atoms with Crippen molar-refractivity contribution in [3.63, 3.8) is 0 Å². The Morgan fingerprint density at radius 3 is 2.15 bits per heavy atom. The molecule has 0 fully saturated rings. The number of oxime groups is 1. The molecule has 0 amide bonds. The van der Waals surface area contributed by atoms with Gasteiger partial charge in [0.05, 0.1) is 19.1 Å². The second-order valence-electron chi connectivity index (χ2n) is 1.98. The highest BCUT2D eigenvalue weighted by Crippen LogP contribution is 2.49. The highest BCUT2D eigenvalue weighted by Gasteiger charge is 2.31. The van der Waals surface area contributed by atoms with Crippen molar-refractivity contribution in [2.45, 2.75) is 13.8 Å². The molecule has 78 valence electrons. The molecule has 0 saturated carbocycles. The van der Waals surface area contributed by atoms with Gasteiger partial charge in [-0.15, -0.1) is 11.6 Å². The lowest BCUT2D eigenvalue weighted by Gasteiger charge is -2.15. The minimum absolute atomic E-state index is 0.169. The first kappa shape index (κ1) is 12.9. The van der Waals surface area contributed by atoms with Gasteiger partial charge in [-0.3, -0.25) is 4.57 Å². The van der Waals surface area contributed by atoms with E-state index in [9.17, 15) is 4.57 Å². The molecule has 0 spiro atoms. The van der Waals surface area contributed by atoms with E-state index < -0.39 is 7.60 Å². The lowest BCUT2D eigenvalue weighted by Crippen LogP contribution is -2.08. The first-order valence-corrected chi connectivity index (χ1v) is 5.88. The van der Waals surface area contributed by atoms with Crippen LogP contribution in [0.15, 0.2) is 5.16 Å². The average Bonchev–Trinajstić information content (AvgIpc) is 2.07. The summed E-state index contributed by atoms with van der Waals surface area (Å²) >= 11 is 5.40. The largest absolute Gasteiger partial charge is 0.410 e. The SMILES string of the molecule is CCOP(=O)(OCC)/C(CCl)=N\O. The molecule has 7 heteroatoms. The van der Waals surface area contributed by atoms with E-state index in [0.717, 1.165) is 0 Å². The molecule has 0 aromatic carbocycles. The summed E-state index contributed by atoms with van der Waals surface area (Å²) in [6.07, 6.45) is 0. The maximum atomic E-state index is 11.8. The highest BCUT2D eigenvalue weighted by molar-refractivity contribution is 7.72. The lowest BCUT2D eigenvalue weighted by atomic mass is 10.9. The number of alkyl halides is 1. The summed E-state index contributed by atoms with van der Waals surface area (Å²) in [5.41, 5.74) is -0.169. The van der Waals surface area contributed by atoms with Gasteiger partial charge in [0.2, 0.25) is 0 Å². The monoisotopic (exact) mass is 229 g/mol. The minimum atomic E-state index is -3.46. The van der Waals surface area contributed by atoms with Gasteiger partial charge in [-0.05, 0) is 13.8 Å². The van der Waals surface area contributed by atoms with E-state index in [1.165, 1.54) is 0 Å². The third kappa shape index (κ3) is 3.65. The Hall–Kier alpha value is -0.0900. The number of rotatable bonds is 6. The lowest BCUT2D eigenvalue weighted by molar-refractivity contribution is 0.230. The standard InChI is InChI=1S/C6H13ClNO4P/c1-3-11-13(10,12-4-2)6(5-7)8-9/h9H,3-5H2,1-2H3/b8-6-. The van der Waals surface area contributed by atoms with Gasteiger partial charge in [-0.1, -0.05) is 5.16 Å². The fourth-order valence-electron chi connectivity index (χ4n) is 0.681. The molecular weight excluding hydrogens is 216 g/mol. The molecule has 0 atom stereocenters. The van der Waals surface area contributed by atoms with Crippen LogP contribution in [0.2, 0.25) is 0 Å². The van der Waals surface area contributed by atoms with Crippen LogP contribution in [0.5, 0.6) is 0 Å². The summed E-state index contributed by atoms with van der Waals surface area (Å²) in [6, 6.07) is 0. The van der Waals surface area contributed by atoms with Crippen molar-refractivity contribution in [2.24, 2.45) is 5.16 Å². The van der Waals surface area contributed by atoms with Crippen LogP contribution in [0.1, 0.15) is 13.8 Å². The Morgan fingerprint density at radius 2 is 1.92 bits per heavy atom. The molecule has 0 saturated heterocycles. The zero-order valence-electron chi connectivity index (χ0n) is 7.57. The van der Waals surface area contributed by atoms with Crippen LogP contribution in [-0.2, 0) is 13.6 Å². The first-order chi connectivity index (χ1) is 6.14. The van der Waals surface area contributed by atoms with Crippen molar-refractivity contribution in [2.75, 3.05) is 19.1 Å². The number of nitrogens with zero attached hydrogens (tertiary/aromatic N) is 1. The maximum absolute atomic E-state index is 11.8. The second kappa shape index (κ2) is 6.38. The van der Waals surface area contributed by atoms with Crippen LogP contribution in [-0.4, -0.2) is 29.8 Å². The smallest absolute Gasteiger partial charge is 0.380 e. The van der Waals surface area contributed by atoms with Crippen molar-refractivity contribution in [3.05, 3.63) is 0 Å².